The Hall–Kier alpha value is 0.570. The Labute approximate surface area is 91.5 Å². The second-order valence-corrected chi connectivity index (χ2v) is 8.36. The molecular weight excluding hydrogens is 215 g/mol. The summed E-state index contributed by atoms with van der Waals surface area (Å²) in [5.41, 5.74) is 0. The maximum atomic E-state index is 5.74. The molecule has 0 radical (unpaired) electrons. The standard InChI is InChI=1S/C10H19O2PS/c1-2-13(14)11-7-10(8-12-13)9-5-3-4-6-9/h9-10H,2-8H2,1H3. The van der Waals surface area contributed by atoms with Gasteiger partial charge in [0, 0.05) is 12.1 Å². The molecule has 82 valence electrons. The van der Waals surface area contributed by atoms with Gasteiger partial charge in [0.15, 0.2) is 6.49 Å². The smallest absolute Gasteiger partial charge is 0.188 e. The Bertz CT molecular complexity index is 226. The molecule has 1 heterocycles. The van der Waals surface area contributed by atoms with E-state index >= 15 is 0 Å². The van der Waals surface area contributed by atoms with E-state index < -0.39 is 6.49 Å². The fraction of sp³-hybridized carbons (Fsp3) is 1.00. The van der Waals surface area contributed by atoms with E-state index in [1.165, 1.54) is 25.7 Å². The summed E-state index contributed by atoms with van der Waals surface area (Å²) in [5.74, 6) is 1.47. The van der Waals surface area contributed by atoms with Gasteiger partial charge in [-0.15, -0.1) is 0 Å². The van der Waals surface area contributed by atoms with Gasteiger partial charge >= 0.3 is 0 Å². The molecule has 1 aliphatic heterocycles. The summed E-state index contributed by atoms with van der Waals surface area (Å²) in [4.78, 5) is 0. The first-order valence-corrected chi connectivity index (χ1v) is 8.44. The van der Waals surface area contributed by atoms with Crippen LogP contribution in [0.15, 0.2) is 0 Å². The monoisotopic (exact) mass is 234 g/mol. The highest BCUT2D eigenvalue weighted by Gasteiger charge is 2.32. The molecular formula is C10H19O2PS. The summed E-state index contributed by atoms with van der Waals surface area (Å²) in [5, 5.41) is 0. The summed E-state index contributed by atoms with van der Waals surface area (Å²) in [7, 11) is 0. The van der Waals surface area contributed by atoms with Crippen LogP contribution in [0.5, 0.6) is 0 Å². The van der Waals surface area contributed by atoms with Gasteiger partial charge in [-0.05, 0) is 17.7 Å². The molecule has 2 fully saturated rings. The van der Waals surface area contributed by atoms with Crippen LogP contribution in [0.3, 0.4) is 0 Å². The van der Waals surface area contributed by atoms with E-state index in [1.807, 2.05) is 0 Å². The molecule has 2 aliphatic rings. The van der Waals surface area contributed by atoms with Gasteiger partial charge in [0.05, 0.1) is 13.2 Å². The molecule has 0 spiro atoms. The van der Waals surface area contributed by atoms with E-state index in [0.717, 1.165) is 25.3 Å². The van der Waals surface area contributed by atoms with E-state index in [9.17, 15) is 0 Å². The van der Waals surface area contributed by atoms with Gasteiger partial charge in [0.25, 0.3) is 0 Å². The van der Waals surface area contributed by atoms with Crippen molar-refractivity contribution in [3.05, 3.63) is 0 Å². The third kappa shape index (κ3) is 2.38. The van der Waals surface area contributed by atoms with Crippen molar-refractivity contribution in [1.29, 1.82) is 0 Å². The SMILES string of the molecule is CCP1(=S)OCC(C2CCCC2)CO1. The van der Waals surface area contributed by atoms with Crippen LogP contribution in [-0.2, 0) is 20.9 Å². The van der Waals surface area contributed by atoms with E-state index in [0.29, 0.717) is 5.92 Å². The molecule has 2 nitrogen and oxygen atoms in total. The van der Waals surface area contributed by atoms with Crippen molar-refractivity contribution in [3.63, 3.8) is 0 Å². The first kappa shape index (κ1) is 11.1. The molecule has 0 unspecified atom stereocenters. The van der Waals surface area contributed by atoms with Gasteiger partial charge in [0.2, 0.25) is 0 Å². The Balaban J connectivity index is 1.86. The minimum atomic E-state index is -1.84. The highest BCUT2D eigenvalue weighted by Crippen LogP contribution is 2.52. The lowest BCUT2D eigenvalue weighted by atomic mass is 9.92. The molecule has 0 aromatic heterocycles. The Morgan fingerprint density at radius 3 is 2.21 bits per heavy atom. The largest absolute Gasteiger partial charge is 0.329 e. The van der Waals surface area contributed by atoms with Crippen LogP contribution >= 0.6 is 6.49 Å². The van der Waals surface area contributed by atoms with Gasteiger partial charge in [0.1, 0.15) is 0 Å². The molecule has 1 saturated heterocycles. The van der Waals surface area contributed by atoms with E-state index in [4.69, 9.17) is 20.9 Å². The average molecular weight is 234 g/mol. The Kier molecular flexibility index (Phi) is 3.64. The van der Waals surface area contributed by atoms with Gasteiger partial charge in [-0.1, -0.05) is 32.6 Å². The van der Waals surface area contributed by atoms with Crippen molar-refractivity contribution in [2.75, 3.05) is 19.4 Å². The van der Waals surface area contributed by atoms with Crippen LogP contribution in [0.2, 0.25) is 0 Å². The highest BCUT2D eigenvalue weighted by atomic mass is 32.5. The maximum absolute atomic E-state index is 5.74. The first-order chi connectivity index (χ1) is 6.73. The second kappa shape index (κ2) is 4.61. The van der Waals surface area contributed by atoms with Crippen LogP contribution in [0.4, 0.5) is 0 Å². The minimum Gasteiger partial charge on any atom is -0.329 e. The van der Waals surface area contributed by atoms with E-state index in [2.05, 4.69) is 6.92 Å². The molecule has 14 heavy (non-hydrogen) atoms. The fourth-order valence-corrected chi connectivity index (χ4v) is 4.03. The van der Waals surface area contributed by atoms with Crippen LogP contribution in [0, 0.1) is 11.8 Å². The van der Waals surface area contributed by atoms with E-state index in [1.54, 1.807) is 0 Å². The lowest BCUT2D eigenvalue weighted by Crippen LogP contribution is -2.27. The predicted octanol–water partition coefficient (Wildman–Crippen LogP) is 3.17. The van der Waals surface area contributed by atoms with Crippen LogP contribution in [-0.4, -0.2) is 19.4 Å². The molecule has 0 aromatic carbocycles. The zero-order valence-electron chi connectivity index (χ0n) is 8.78. The normalized spacial score (nSPS) is 40.2. The van der Waals surface area contributed by atoms with Gasteiger partial charge in [-0.25, -0.2) is 0 Å². The summed E-state index contributed by atoms with van der Waals surface area (Å²) in [6.45, 7) is 1.94. The fourth-order valence-electron chi connectivity index (χ4n) is 2.39. The van der Waals surface area contributed by atoms with Crippen LogP contribution in [0.25, 0.3) is 0 Å². The second-order valence-electron chi connectivity index (χ2n) is 4.32. The molecule has 0 N–H and O–H groups in total. The molecule has 4 heteroatoms. The Morgan fingerprint density at radius 1 is 1.14 bits per heavy atom. The van der Waals surface area contributed by atoms with Crippen molar-refractivity contribution in [3.8, 4) is 0 Å². The van der Waals surface area contributed by atoms with Crippen molar-refractivity contribution in [1.82, 2.24) is 0 Å². The molecule has 0 aromatic rings. The Morgan fingerprint density at radius 2 is 1.71 bits per heavy atom. The third-order valence-corrected chi connectivity index (χ3v) is 6.69. The maximum Gasteiger partial charge on any atom is 0.188 e. The molecule has 0 bridgehead atoms. The van der Waals surface area contributed by atoms with E-state index in [-0.39, 0.29) is 0 Å². The van der Waals surface area contributed by atoms with Crippen molar-refractivity contribution >= 4 is 18.3 Å². The lowest BCUT2D eigenvalue weighted by molar-refractivity contribution is 0.0826. The van der Waals surface area contributed by atoms with Gasteiger partial charge < -0.3 is 9.05 Å². The summed E-state index contributed by atoms with van der Waals surface area (Å²) < 4.78 is 11.5. The number of rotatable bonds is 2. The quantitative estimate of drug-likeness (QED) is 0.684. The topological polar surface area (TPSA) is 18.5 Å². The zero-order valence-corrected chi connectivity index (χ0v) is 10.5. The van der Waals surface area contributed by atoms with Crippen molar-refractivity contribution in [2.45, 2.75) is 32.6 Å². The summed E-state index contributed by atoms with van der Waals surface area (Å²) in [6, 6.07) is 0. The molecule has 0 atom stereocenters. The first-order valence-electron chi connectivity index (χ1n) is 5.61. The summed E-state index contributed by atoms with van der Waals surface area (Å²) in [6.07, 6.45) is 6.39. The zero-order chi connectivity index (χ0) is 10.0. The number of hydrogen-bond acceptors (Lipinski definition) is 3. The predicted molar refractivity (Wildman–Crippen MR) is 62.2 cm³/mol. The van der Waals surface area contributed by atoms with Crippen LogP contribution < -0.4 is 0 Å². The summed E-state index contributed by atoms with van der Waals surface area (Å²) >= 11 is 5.35. The molecule has 0 amide bonds. The van der Waals surface area contributed by atoms with Crippen molar-refractivity contribution in [2.24, 2.45) is 11.8 Å². The molecule has 2 rings (SSSR count). The molecule has 1 saturated carbocycles. The van der Waals surface area contributed by atoms with Crippen LogP contribution in [0.1, 0.15) is 32.6 Å². The average Bonchev–Trinajstić information content (AvgIpc) is 2.72. The minimum absolute atomic E-state index is 0.625. The molecule has 1 aliphatic carbocycles. The number of hydrogen-bond donors (Lipinski definition) is 0. The van der Waals surface area contributed by atoms with Gasteiger partial charge in [-0.3, -0.25) is 0 Å². The third-order valence-electron chi connectivity index (χ3n) is 3.42. The van der Waals surface area contributed by atoms with Gasteiger partial charge in [-0.2, -0.15) is 0 Å². The van der Waals surface area contributed by atoms with Crippen molar-refractivity contribution < 1.29 is 9.05 Å². The lowest BCUT2D eigenvalue weighted by Gasteiger charge is -2.34. The highest BCUT2D eigenvalue weighted by molar-refractivity contribution is 8.09.